The van der Waals surface area contributed by atoms with Crippen molar-refractivity contribution in [3.05, 3.63) is 41.3 Å². The van der Waals surface area contributed by atoms with Gasteiger partial charge in [-0.15, -0.1) is 0 Å². The third-order valence-electron chi connectivity index (χ3n) is 4.64. The summed E-state index contributed by atoms with van der Waals surface area (Å²) in [6.07, 6.45) is 1.45. The lowest BCUT2D eigenvalue weighted by Gasteiger charge is -2.35. The summed E-state index contributed by atoms with van der Waals surface area (Å²) in [6, 6.07) is 5.14. The number of aryl methyl sites for hydroxylation is 1. The molecule has 2 amide bonds. The number of rotatable bonds is 2. The van der Waals surface area contributed by atoms with Crippen LogP contribution in [0.2, 0.25) is 0 Å². The molecule has 1 aromatic carbocycles. The zero-order chi connectivity index (χ0) is 19.0. The predicted molar refractivity (Wildman–Crippen MR) is 95.6 cm³/mol. The monoisotopic (exact) mass is 369 g/mol. The number of aromatic nitrogens is 2. The van der Waals surface area contributed by atoms with E-state index < -0.39 is 0 Å². The molecule has 2 aliphatic heterocycles. The fourth-order valence-electron chi connectivity index (χ4n) is 3.15. The van der Waals surface area contributed by atoms with Crippen LogP contribution in [-0.4, -0.2) is 64.6 Å². The number of benzene rings is 1. The topological polar surface area (TPSA) is 111 Å². The third-order valence-corrected chi connectivity index (χ3v) is 4.64. The van der Waals surface area contributed by atoms with E-state index in [0.29, 0.717) is 49.1 Å². The molecule has 4 rings (SSSR count). The van der Waals surface area contributed by atoms with Gasteiger partial charge in [0, 0.05) is 37.9 Å². The molecule has 1 saturated heterocycles. The van der Waals surface area contributed by atoms with E-state index in [1.54, 1.807) is 34.9 Å². The summed E-state index contributed by atoms with van der Waals surface area (Å²) in [5.74, 6) is 1.58. The van der Waals surface area contributed by atoms with Gasteiger partial charge in [-0.25, -0.2) is 9.97 Å². The SMILES string of the molecule is Cc1ncc(C(=O)N2CCN(C(=O)c3ccc4c(c3)OCO4)CC2)c(N)n1. The maximum atomic E-state index is 12.7. The minimum Gasteiger partial charge on any atom is -0.454 e. The number of ether oxygens (including phenoxy) is 2. The molecule has 2 aromatic rings. The predicted octanol–water partition coefficient (Wildman–Crippen LogP) is 0.694. The van der Waals surface area contributed by atoms with E-state index in [1.807, 2.05) is 0 Å². The first kappa shape index (κ1) is 17.1. The van der Waals surface area contributed by atoms with Gasteiger partial charge in [0.1, 0.15) is 17.2 Å². The van der Waals surface area contributed by atoms with Crippen molar-refractivity contribution >= 4 is 17.6 Å². The van der Waals surface area contributed by atoms with Crippen LogP contribution < -0.4 is 15.2 Å². The van der Waals surface area contributed by atoms with Gasteiger partial charge in [0.2, 0.25) is 6.79 Å². The van der Waals surface area contributed by atoms with Crippen LogP contribution in [0.5, 0.6) is 11.5 Å². The van der Waals surface area contributed by atoms with Gasteiger partial charge in [-0.1, -0.05) is 0 Å². The quantitative estimate of drug-likeness (QED) is 0.829. The Hall–Kier alpha value is -3.36. The summed E-state index contributed by atoms with van der Waals surface area (Å²) >= 11 is 0. The number of nitrogen functional groups attached to an aromatic ring is 1. The lowest BCUT2D eigenvalue weighted by Crippen LogP contribution is -2.50. The second-order valence-corrected chi connectivity index (χ2v) is 6.37. The number of anilines is 1. The molecule has 3 heterocycles. The number of amides is 2. The van der Waals surface area contributed by atoms with Crippen LogP contribution in [0.3, 0.4) is 0 Å². The fraction of sp³-hybridized carbons (Fsp3) is 0.333. The van der Waals surface area contributed by atoms with E-state index in [9.17, 15) is 9.59 Å². The van der Waals surface area contributed by atoms with Gasteiger partial charge in [0.15, 0.2) is 11.5 Å². The lowest BCUT2D eigenvalue weighted by atomic mass is 10.1. The molecule has 0 atom stereocenters. The Balaban J connectivity index is 1.41. The van der Waals surface area contributed by atoms with Crippen molar-refractivity contribution in [2.45, 2.75) is 6.92 Å². The minimum atomic E-state index is -0.220. The van der Waals surface area contributed by atoms with Crippen LogP contribution >= 0.6 is 0 Å². The normalized spacial score (nSPS) is 15.7. The number of piperazine rings is 1. The molecule has 2 aliphatic rings. The molecule has 0 spiro atoms. The Morgan fingerprint density at radius 2 is 1.70 bits per heavy atom. The highest BCUT2D eigenvalue weighted by atomic mass is 16.7. The van der Waals surface area contributed by atoms with Gasteiger partial charge in [-0.3, -0.25) is 9.59 Å². The van der Waals surface area contributed by atoms with Crippen molar-refractivity contribution in [1.82, 2.24) is 19.8 Å². The van der Waals surface area contributed by atoms with Gasteiger partial charge < -0.3 is 25.0 Å². The summed E-state index contributed by atoms with van der Waals surface area (Å²) in [4.78, 5) is 36.8. The zero-order valence-corrected chi connectivity index (χ0v) is 14.8. The molecular weight excluding hydrogens is 350 g/mol. The van der Waals surface area contributed by atoms with E-state index in [-0.39, 0.29) is 30.0 Å². The van der Waals surface area contributed by atoms with Gasteiger partial charge in [-0.2, -0.15) is 0 Å². The van der Waals surface area contributed by atoms with Gasteiger partial charge in [0.25, 0.3) is 11.8 Å². The Kier molecular flexibility index (Phi) is 4.27. The molecule has 1 fully saturated rings. The number of hydrogen-bond acceptors (Lipinski definition) is 7. The van der Waals surface area contributed by atoms with E-state index in [2.05, 4.69) is 9.97 Å². The van der Waals surface area contributed by atoms with Crippen molar-refractivity contribution in [2.24, 2.45) is 0 Å². The summed E-state index contributed by atoms with van der Waals surface area (Å²) < 4.78 is 10.6. The molecule has 9 heteroatoms. The van der Waals surface area contributed by atoms with Crippen LogP contribution in [0, 0.1) is 6.92 Å². The maximum absolute atomic E-state index is 12.7. The molecule has 0 unspecified atom stereocenters. The van der Waals surface area contributed by atoms with E-state index in [1.165, 1.54) is 6.20 Å². The molecule has 0 aliphatic carbocycles. The number of hydrogen-bond donors (Lipinski definition) is 1. The van der Waals surface area contributed by atoms with Crippen LogP contribution in [0.1, 0.15) is 26.5 Å². The highest BCUT2D eigenvalue weighted by Crippen LogP contribution is 2.32. The third kappa shape index (κ3) is 3.23. The first-order valence-corrected chi connectivity index (χ1v) is 8.60. The molecule has 0 bridgehead atoms. The highest BCUT2D eigenvalue weighted by Gasteiger charge is 2.27. The lowest BCUT2D eigenvalue weighted by molar-refractivity contribution is 0.0535. The average Bonchev–Trinajstić information content (AvgIpc) is 3.15. The largest absolute Gasteiger partial charge is 0.454 e. The minimum absolute atomic E-state index is 0.0985. The average molecular weight is 369 g/mol. The van der Waals surface area contributed by atoms with Gasteiger partial charge in [-0.05, 0) is 25.1 Å². The number of nitrogens with two attached hydrogens (primary N) is 1. The van der Waals surface area contributed by atoms with Crippen LogP contribution in [-0.2, 0) is 0 Å². The highest BCUT2D eigenvalue weighted by molar-refractivity contribution is 5.98. The molecule has 27 heavy (non-hydrogen) atoms. The van der Waals surface area contributed by atoms with E-state index >= 15 is 0 Å². The summed E-state index contributed by atoms with van der Waals surface area (Å²) in [5.41, 5.74) is 6.67. The fourth-order valence-corrected chi connectivity index (χ4v) is 3.15. The summed E-state index contributed by atoms with van der Waals surface area (Å²) in [7, 11) is 0. The number of carbonyl (C=O) groups is 2. The molecule has 0 radical (unpaired) electrons. The molecule has 2 N–H and O–H groups in total. The van der Waals surface area contributed by atoms with Gasteiger partial charge >= 0.3 is 0 Å². The molecule has 140 valence electrons. The maximum Gasteiger partial charge on any atom is 0.259 e. The Labute approximate surface area is 155 Å². The first-order chi connectivity index (χ1) is 13.0. The van der Waals surface area contributed by atoms with Crippen molar-refractivity contribution in [2.75, 3.05) is 38.7 Å². The van der Waals surface area contributed by atoms with Gasteiger partial charge in [0.05, 0.1) is 0 Å². The molecular formula is C18H19N5O4. The van der Waals surface area contributed by atoms with Crippen LogP contribution in [0.25, 0.3) is 0 Å². The van der Waals surface area contributed by atoms with Crippen LogP contribution in [0.15, 0.2) is 24.4 Å². The number of carbonyl (C=O) groups excluding carboxylic acids is 2. The van der Waals surface area contributed by atoms with E-state index in [0.717, 1.165) is 0 Å². The van der Waals surface area contributed by atoms with Crippen molar-refractivity contribution in [3.8, 4) is 11.5 Å². The molecule has 9 nitrogen and oxygen atoms in total. The first-order valence-electron chi connectivity index (χ1n) is 8.60. The Bertz CT molecular complexity index is 909. The summed E-state index contributed by atoms with van der Waals surface area (Å²) in [5, 5.41) is 0. The zero-order valence-electron chi connectivity index (χ0n) is 14.8. The van der Waals surface area contributed by atoms with Crippen molar-refractivity contribution in [1.29, 1.82) is 0 Å². The second kappa shape index (κ2) is 6.75. The van der Waals surface area contributed by atoms with Crippen LogP contribution in [0.4, 0.5) is 5.82 Å². The Morgan fingerprint density at radius 3 is 2.41 bits per heavy atom. The van der Waals surface area contributed by atoms with Crippen molar-refractivity contribution in [3.63, 3.8) is 0 Å². The number of nitrogens with zero attached hydrogens (tertiary/aromatic N) is 4. The molecule has 1 aromatic heterocycles. The Morgan fingerprint density at radius 1 is 1.04 bits per heavy atom. The van der Waals surface area contributed by atoms with E-state index in [4.69, 9.17) is 15.2 Å². The molecule has 0 saturated carbocycles. The second-order valence-electron chi connectivity index (χ2n) is 6.37. The number of fused-ring (bicyclic) bond motifs is 1. The standard InChI is InChI=1S/C18H19N5O4/c1-11-20-9-13(16(19)21-11)18(25)23-6-4-22(5-7-23)17(24)12-2-3-14-15(8-12)27-10-26-14/h2-3,8-9H,4-7,10H2,1H3,(H2,19,20,21). The smallest absolute Gasteiger partial charge is 0.259 e. The van der Waals surface area contributed by atoms with Crippen molar-refractivity contribution < 1.29 is 19.1 Å². The summed E-state index contributed by atoms with van der Waals surface area (Å²) in [6.45, 7) is 3.59.